The second kappa shape index (κ2) is 10.7. The Morgan fingerprint density at radius 3 is 2.52 bits per heavy atom. The fraction of sp³-hybridized carbons (Fsp3) is 0.250. The maximum atomic E-state index is 4.71. The molecule has 0 atom stereocenters. The fourth-order valence-corrected chi connectivity index (χ4v) is 2.50. The summed E-state index contributed by atoms with van der Waals surface area (Å²) in [5.74, 6) is 1.59. The van der Waals surface area contributed by atoms with Crippen molar-refractivity contribution >= 4 is 35.6 Å². The van der Waals surface area contributed by atoms with E-state index in [0.29, 0.717) is 19.0 Å². The Morgan fingerprint density at radius 1 is 1.07 bits per heavy atom. The molecule has 27 heavy (non-hydrogen) atoms. The van der Waals surface area contributed by atoms with E-state index in [9.17, 15) is 0 Å². The maximum Gasteiger partial charge on any atom is 0.196 e. The van der Waals surface area contributed by atoms with Crippen LogP contribution in [-0.4, -0.2) is 20.7 Å². The van der Waals surface area contributed by atoms with Crippen molar-refractivity contribution in [1.29, 1.82) is 0 Å². The van der Waals surface area contributed by atoms with Gasteiger partial charge in [0.1, 0.15) is 6.33 Å². The first kappa shape index (κ1) is 20.9. The van der Waals surface area contributed by atoms with Gasteiger partial charge in [0.2, 0.25) is 0 Å². The second-order valence-corrected chi connectivity index (χ2v) is 6.03. The fourth-order valence-electron chi connectivity index (χ4n) is 2.50. The molecular weight excluding hydrogens is 451 g/mol. The van der Waals surface area contributed by atoms with Crippen molar-refractivity contribution in [2.24, 2.45) is 4.99 Å². The van der Waals surface area contributed by atoms with Gasteiger partial charge in [-0.2, -0.15) is 0 Å². The third-order valence-corrected chi connectivity index (χ3v) is 4.03. The SMILES string of the molecule is CCn1cnnc1CNC(=NCc1ccc(C)cc1)Nc1ccccc1.I. The third kappa shape index (κ3) is 6.35. The van der Waals surface area contributed by atoms with Crippen LogP contribution in [0.5, 0.6) is 0 Å². The van der Waals surface area contributed by atoms with E-state index in [2.05, 4.69) is 58.9 Å². The first-order chi connectivity index (χ1) is 12.7. The standard InChI is InChI=1S/C20H24N6.HI/c1-3-26-15-23-25-19(26)14-22-20(24-18-7-5-4-6-8-18)21-13-17-11-9-16(2)10-12-17;/h4-12,15H,3,13-14H2,1-2H3,(H2,21,22,24);1H. The Balaban J connectivity index is 0.00000261. The maximum absolute atomic E-state index is 4.71. The molecule has 0 radical (unpaired) electrons. The number of rotatable bonds is 6. The summed E-state index contributed by atoms with van der Waals surface area (Å²) in [5.41, 5.74) is 3.40. The molecule has 3 aromatic rings. The topological polar surface area (TPSA) is 67.1 Å². The number of hydrogen-bond donors (Lipinski definition) is 2. The zero-order valence-electron chi connectivity index (χ0n) is 15.6. The first-order valence-corrected chi connectivity index (χ1v) is 8.77. The Hall–Kier alpha value is -2.42. The molecule has 0 aliphatic carbocycles. The highest BCUT2D eigenvalue weighted by atomic mass is 127. The predicted octanol–water partition coefficient (Wildman–Crippen LogP) is 3.98. The number of benzene rings is 2. The molecule has 0 saturated heterocycles. The van der Waals surface area contributed by atoms with Crippen LogP contribution in [0, 0.1) is 6.92 Å². The number of para-hydroxylation sites is 1. The van der Waals surface area contributed by atoms with E-state index in [0.717, 1.165) is 18.1 Å². The van der Waals surface area contributed by atoms with Crippen molar-refractivity contribution in [1.82, 2.24) is 20.1 Å². The summed E-state index contributed by atoms with van der Waals surface area (Å²) in [6.45, 7) is 6.15. The highest BCUT2D eigenvalue weighted by Gasteiger charge is 2.05. The molecule has 1 aromatic heterocycles. The average Bonchev–Trinajstić information content (AvgIpc) is 3.13. The molecular formula is C20H25IN6. The van der Waals surface area contributed by atoms with E-state index in [-0.39, 0.29) is 24.0 Å². The van der Waals surface area contributed by atoms with E-state index in [1.54, 1.807) is 6.33 Å². The highest BCUT2D eigenvalue weighted by Crippen LogP contribution is 2.07. The number of hydrogen-bond acceptors (Lipinski definition) is 3. The summed E-state index contributed by atoms with van der Waals surface area (Å²) >= 11 is 0. The van der Waals surface area contributed by atoms with Gasteiger partial charge >= 0.3 is 0 Å². The summed E-state index contributed by atoms with van der Waals surface area (Å²) < 4.78 is 2.01. The Bertz CT molecular complexity index is 842. The van der Waals surface area contributed by atoms with Crippen LogP contribution >= 0.6 is 24.0 Å². The van der Waals surface area contributed by atoms with Crippen LogP contribution in [0.3, 0.4) is 0 Å². The van der Waals surface area contributed by atoms with Gasteiger partial charge in [0, 0.05) is 12.2 Å². The summed E-state index contributed by atoms with van der Waals surface area (Å²) in [4.78, 5) is 4.71. The molecule has 0 saturated carbocycles. The number of guanidine groups is 1. The quantitative estimate of drug-likeness (QED) is 0.321. The molecule has 3 rings (SSSR count). The summed E-state index contributed by atoms with van der Waals surface area (Å²) in [5, 5.41) is 14.8. The number of aromatic nitrogens is 3. The van der Waals surface area contributed by atoms with Gasteiger partial charge in [-0.15, -0.1) is 34.2 Å². The lowest BCUT2D eigenvalue weighted by Gasteiger charge is -2.13. The molecule has 0 bridgehead atoms. The minimum Gasteiger partial charge on any atom is -0.349 e. The summed E-state index contributed by atoms with van der Waals surface area (Å²) in [6, 6.07) is 18.4. The van der Waals surface area contributed by atoms with Gasteiger partial charge in [-0.05, 0) is 31.5 Å². The number of anilines is 1. The Morgan fingerprint density at radius 2 is 1.81 bits per heavy atom. The lowest BCUT2D eigenvalue weighted by Crippen LogP contribution is -2.31. The van der Waals surface area contributed by atoms with Gasteiger partial charge in [-0.25, -0.2) is 4.99 Å². The van der Waals surface area contributed by atoms with Crippen molar-refractivity contribution in [3.05, 3.63) is 77.9 Å². The molecule has 2 aromatic carbocycles. The molecule has 0 unspecified atom stereocenters. The molecule has 0 amide bonds. The van der Waals surface area contributed by atoms with Gasteiger partial charge < -0.3 is 15.2 Å². The van der Waals surface area contributed by atoms with Gasteiger partial charge in [0.25, 0.3) is 0 Å². The van der Waals surface area contributed by atoms with E-state index < -0.39 is 0 Å². The lowest BCUT2D eigenvalue weighted by molar-refractivity contribution is 0.677. The van der Waals surface area contributed by atoms with Crippen LogP contribution in [-0.2, 0) is 19.6 Å². The Kier molecular flexibility index (Phi) is 8.25. The Labute approximate surface area is 177 Å². The highest BCUT2D eigenvalue weighted by molar-refractivity contribution is 14.0. The van der Waals surface area contributed by atoms with Crippen molar-refractivity contribution in [3.8, 4) is 0 Å². The minimum absolute atomic E-state index is 0. The number of aliphatic imine (C=N–C) groups is 1. The van der Waals surface area contributed by atoms with Crippen LogP contribution in [0.25, 0.3) is 0 Å². The molecule has 2 N–H and O–H groups in total. The number of nitrogens with zero attached hydrogens (tertiary/aromatic N) is 4. The molecule has 0 spiro atoms. The zero-order valence-corrected chi connectivity index (χ0v) is 17.9. The van der Waals surface area contributed by atoms with E-state index in [4.69, 9.17) is 4.99 Å². The molecule has 0 aliphatic heterocycles. The summed E-state index contributed by atoms with van der Waals surface area (Å²) in [7, 11) is 0. The van der Waals surface area contributed by atoms with Gasteiger partial charge in [-0.3, -0.25) is 0 Å². The van der Waals surface area contributed by atoms with Crippen LogP contribution < -0.4 is 10.6 Å². The average molecular weight is 476 g/mol. The molecule has 142 valence electrons. The number of nitrogens with one attached hydrogen (secondary N) is 2. The van der Waals surface area contributed by atoms with Crippen LogP contribution in [0.2, 0.25) is 0 Å². The minimum atomic E-state index is 0. The molecule has 1 heterocycles. The first-order valence-electron chi connectivity index (χ1n) is 8.77. The zero-order chi connectivity index (χ0) is 18.2. The van der Waals surface area contributed by atoms with Crippen molar-refractivity contribution in [2.75, 3.05) is 5.32 Å². The van der Waals surface area contributed by atoms with Crippen molar-refractivity contribution in [2.45, 2.75) is 33.5 Å². The van der Waals surface area contributed by atoms with E-state index in [1.807, 2.05) is 34.9 Å². The van der Waals surface area contributed by atoms with Gasteiger partial charge in [0.05, 0.1) is 13.1 Å². The van der Waals surface area contributed by atoms with Gasteiger partial charge in [0.15, 0.2) is 11.8 Å². The monoisotopic (exact) mass is 476 g/mol. The summed E-state index contributed by atoms with van der Waals surface area (Å²) in [6.07, 6.45) is 1.74. The van der Waals surface area contributed by atoms with Gasteiger partial charge in [-0.1, -0.05) is 48.0 Å². The third-order valence-electron chi connectivity index (χ3n) is 4.03. The lowest BCUT2D eigenvalue weighted by atomic mass is 10.1. The molecule has 0 aliphatic rings. The van der Waals surface area contributed by atoms with Crippen molar-refractivity contribution < 1.29 is 0 Å². The number of aryl methyl sites for hydroxylation is 2. The van der Waals surface area contributed by atoms with Crippen LogP contribution in [0.15, 0.2) is 65.9 Å². The molecule has 0 fully saturated rings. The van der Waals surface area contributed by atoms with E-state index >= 15 is 0 Å². The smallest absolute Gasteiger partial charge is 0.196 e. The van der Waals surface area contributed by atoms with Crippen LogP contribution in [0.1, 0.15) is 23.9 Å². The normalized spacial score (nSPS) is 11.0. The van der Waals surface area contributed by atoms with Crippen molar-refractivity contribution in [3.63, 3.8) is 0 Å². The molecule has 6 nitrogen and oxygen atoms in total. The van der Waals surface area contributed by atoms with E-state index in [1.165, 1.54) is 11.1 Å². The molecule has 7 heteroatoms. The van der Waals surface area contributed by atoms with Crippen LogP contribution in [0.4, 0.5) is 5.69 Å². The predicted molar refractivity (Wildman–Crippen MR) is 120 cm³/mol. The second-order valence-electron chi connectivity index (χ2n) is 6.03. The number of halogens is 1. The largest absolute Gasteiger partial charge is 0.349 e.